The highest BCUT2D eigenvalue weighted by Crippen LogP contribution is 1.90. The van der Waals surface area contributed by atoms with Crippen LogP contribution in [0.25, 0.3) is 0 Å². The quantitative estimate of drug-likeness (QED) is 0.608. The minimum atomic E-state index is -0.334. The first kappa shape index (κ1) is 12.4. The number of hydrogen-bond donors (Lipinski definition) is 2. The number of aliphatic hydroxyl groups is 1. The lowest BCUT2D eigenvalue weighted by Crippen LogP contribution is -2.32. The highest BCUT2D eigenvalue weighted by Gasteiger charge is 2.05. The minimum Gasteiger partial charge on any atom is -0.392 e. The molecule has 0 fully saturated rings. The zero-order valence-electron chi connectivity index (χ0n) is 8.71. The van der Waals surface area contributed by atoms with Crippen LogP contribution in [0.2, 0.25) is 0 Å². The topological polar surface area (TPSA) is 52.6 Å². The lowest BCUT2D eigenvalue weighted by molar-refractivity contribution is -0.121. The monoisotopic (exact) mass is 188 g/mol. The maximum absolute atomic E-state index is 11.0. The van der Waals surface area contributed by atoms with Crippen LogP contribution in [0, 0.1) is 0 Å². The average Bonchev–Trinajstić information content (AvgIpc) is 2.00. The Bertz CT molecular complexity index is 149. The summed E-state index contributed by atoms with van der Waals surface area (Å²) in [5.74, 6) is 0.0694. The summed E-state index contributed by atoms with van der Waals surface area (Å²) in [5, 5.41) is 11.8. The Morgan fingerprint density at radius 2 is 2.23 bits per heavy atom. The van der Waals surface area contributed by atoms with Gasteiger partial charge in [0.1, 0.15) is 0 Å². The molecule has 0 saturated heterocycles. The van der Waals surface area contributed by atoms with Gasteiger partial charge in [0.25, 0.3) is 0 Å². The predicted molar refractivity (Wildman–Crippen MR) is 52.5 cm³/mol. The number of carbonyl (C=O) groups excluding carboxylic acids is 1. The van der Waals surface area contributed by atoms with E-state index >= 15 is 0 Å². The van der Waals surface area contributed by atoms with Gasteiger partial charge in [0.05, 0.1) is 6.10 Å². The fraction of sp³-hybridized carbons (Fsp3) is 0.889. The van der Waals surface area contributed by atoms with Crippen LogP contribution in [-0.4, -0.2) is 48.7 Å². The smallest absolute Gasteiger partial charge is 0.221 e. The number of amides is 1. The second-order valence-electron chi connectivity index (χ2n) is 3.31. The van der Waals surface area contributed by atoms with E-state index in [-0.39, 0.29) is 12.0 Å². The van der Waals surface area contributed by atoms with Gasteiger partial charge in [-0.2, -0.15) is 0 Å². The summed E-state index contributed by atoms with van der Waals surface area (Å²) in [6.45, 7) is 5.62. The molecule has 1 unspecified atom stereocenters. The van der Waals surface area contributed by atoms with Gasteiger partial charge >= 0.3 is 0 Å². The first-order chi connectivity index (χ1) is 6.06. The summed E-state index contributed by atoms with van der Waals surface area (Å²) in [5.41, 5.74) is 0. The number of likely N-dealkylation sites (N-methyl/N-ethyl adjacent to an activating group) is 1. The SMILES string of the molecule is CCNC(=O)CCN(C)CC(C)O. The number of rotatable bonds is 6. The molecule has 4 heteroatoms. The van der Waals surface area contributed by atoms with E-state index in [1.54, 1.807) is 6.92 Å². The molecule has 0 bridgehead atoms. The summed E-state index contributed by atoms with van der Waals surface area (Å²) in [4.78, 5) is 13.0. The largest absolute Gasteiger partial charge is 0.392 e. The highest BCUT2D eigenvalue weighted by atomic mass is 16.3. The fourth-order valence-corrected chi connectivity index (χ4v) is 1.12. The van der Waals surface area contributed by atoms with Gasteiger partial charge in [0.2, 0.25) is 5.91 Å². The van der Waals surface area contributed by atoms with Crippen LogP contribution in [0.5, 0.6) is 0 Å². The van der Waals surface area contributed by atoms with E-state index in [1.165, 1.54) is 0 Å². The summed E-state index contributed by atoms with van der Waals surface area (Å²) in [6, 6.07) is 0. The van der Waals surface area contributed by atoms with Crippen molar-refractivity contribution < 1.29 is 9.90 Å². The van der Waals surface area contributed by atoms with Gasteiger partial charge < -0.3 is 15.3 Å². The van der Waals surface area contributed by atoms with E-state index in [9.17, 15) is 4.79 Å². The van der Waals surface area contributed by atoms with Crippen molar-refractivity contribution in [2.24, 2.45) is 0 Å². The lowest BCUT2D eigenvalue weighted by Gasteiger charge is -2.17. The maximum Gasteiger partial charge on any atom is 0.221 e. The number of nitrogens with one attached hydrogen (secondary N) is 1. The van der Waals surface area contributed by atoms with Gasteiger partial charge in [-0.1, -0.05) is 0 Å². The molecule has 0 saturated carbocycles. The van der Waals surface area contributed by atoms with Crippen molar-refractivity contribution in [2.75, 3.05) is 26.7 Å². The van der Waals surface area contributed by atoms with Crippen molar-refractivity contribution in [1.29, 1.82) is 0 Å². The van der Waals surface area contributed by atoms with E-state index in [0.717, 1.165) is 0 Å². The second-order valence-corrected chi connectivity index (χ2v) is 3.31. The molecular weight excluding hydrogens is 168 g/mol. The average molecular weight is 188 g/mol. The van der Waals surface area contributed by atoms with Crippen LogP contribution in [0.1, 0.15) is 20.3 Å². The minimum absolute atomic E-state index is 0.0694. The third kappa shape index (κ3) is 7.74. The molecule has 13 heavy (non-hydrogen) atoms. The Balaban J connectivity index is 3.45. The molecule has 4 nitrogen and oxygen atoms in total. The van der Waals surface area contributed by atoms with Crippen molar-refractivity contribution in [3.8, 4) is 0 Å². The molecule has 0 rings (SSSR count). The van der Waals surface area contributed by atoms with E-state index in [0.29, 0.717) is 26.1 Å². The van der Waals surface area contributed by atoms with Crippen molar-refractivity contribution in [3.63, 3.8) is 0 Å². The Morgan fingerprint density at radius 1 is 1.62 bits per heavy atom. The normalized spacial score (nSPS) is 13.0. The number of hydrogen-bond acceptors (Lipinski definition) is 3. The Labute approximate surface area is 79.9 Å². The molecule has 0 radical (unpaired) electrons. The first-order valence-electron chi connectivity index (χ1n) is 4.69. The van der Waals surface area contributed by atoms with Gasteiger partial charge in [0, 0.05) is 26.1 Å². The Morgan fingerprint density at radius 3 is 2.69 bits per heavy atom. The Kier molecular flexibility index (Phi) is 6.54. The summed E-state index contributed by atoms with van der Waals surface area (Å²) in [7, 11) is 1.89. The molecule has 0 aliphatic carbocycles. The van der Waals surface area contributed by atoms with Crippen LogP contribution >= 0.6 is 0 Å². The summed E-state index contributed by atoms with van der Waals surface area (Å²) in [6.07, 6.45) is 0.163. The molecular formula is C9H20N2O2. The zero-order valence-corrected chi connectivity index (χ0v) is 8.71. The van der Waals surface area contributed by atoms with Crippen LogP contribution in [-0.2, 0) is 4.79 Å². The molecule has 0 aromatic heterocycles. The van der Waals surface area contributed by atoms with Gasteiger partial charge in [-0.25, -0.2) is 0 Å². The van der Waals surface area contributed by atoms with Crippen LogP contribution in [0.3, 0.4) is 0 Å². The molecule has 0 aromatic carbocycles. The second kappa shape index (κ2) is 6.86. The van der Waals surface area contributed by atoms with Gasteiger partial charge in [-0.05, 0) is 20.9 Å². The standard InChI is InChI=1S/C9H20N2O2/c1-4-10-9(13)5-6-11(3)7-8(2)12/h8,12H,4-7H2,1-3H3,(H,10,13). The number of nitrogens with zero attached hydrogens (tertiary/aromatic N) is 1. The van der Waals surface area contributed by atoms with E-state index < -0.39 is 0 Å². The highest BCUT2D eigenvalue weighted by molar-refractivity contribution is 5.75. The van der Waals surface area contributed by atoms with Crippen LogP contribution in [0.15, 0.2) is 0 Å². The molecule has 78 valence electrons. The van der Waals surface area contributed by atoms with E-state index in [4.69, 9.17) is 5.11 Å². The predicted octanol–water partition coefficient (Wildman–Crippen LogP) is -0.175. The molecule has 1 amide bonds. The molecule has 0 heterocycles. The third-order valence-electron chi connectivity index (χ3n) is 1.67. The van der Waals surface area contributed by atoms with Crippen molar-refractivity contribution in [3.05, 3.63) is 0 Å². The number of aliphatic hydroxyl groups excluding tert-OH is 1. The van der Waals surface area contributed by atoms with Crippen molar-refractivity contribution >= 4 is 5.91 Å². The summed E-state index contributed by atoms with van der Waals surface area (Å²) < 4.78 is 0. The Hall–Kier alpha value is -0.610. The van der Waals surface area contributed by atoms with Gasteiger partial charge in [-0.15, -0.1) is 0 Å². The number of carbonyl (C=O) groups is 1. The molecule has 1 atom stereocenters. The molecule has 0 aliphatic rings. The van der Waals surface area contributed by atoms with Crippen LogP contribution in [0.4, 0.5) is 0 Å². The molecule has 0 aliphatic heterocycles. The third-order valence-corrected chi connectivity index (χ3v) is 1.67. The maximum atomic E-state index is 11.0. The van der Waals surface area contributed by atoms with Crippen molar-refractivity contribution in [2.45, 2.75) is 26.4 Å². The molecule has 0 spiro atoms. The molecule has 0 aromatic rings. The summed E-state index contributed by atoms with van der Waals surface area (Å²) >= 11 is 0. The fourth-order valence-electron chi connectivity index (χ4n) is 1.12. The van der Waals surface area contributed by atoms with Gasteiger partial charge in [0.15, 0.2) is 0 Å². The van der Waals surface area contributed by atoms with E-state index in [2.05, 4.69) is 5.32 Å². The van der Waals surface area contributed by atoms with Gasteiger partial charge in [-0.3, -0.25) is 4.79 Å². The lowest BCUT2D eigenvalue weighted by atomic mass is 10.3. The first-order valence-corrected chi connectivity index (χ1v) is 4.69. The zero-order chi connectivity index (χ0) is 10.3. The molecule has 2 N–H and O–H groups in total. The van der Waals surface area contributed by atoms with Crippen LogP contribution < -0.4 is 5.32 Å². The van der Waals surface area contributed by atoms with Crippen molar-refractivity contribution in [1.82, 2.24) is 10.2 Å². The van der Waals surface area contributed by atoms with E-state index in [1.807, 2.05) is 18.9 Å².